The minimum atomic E-state index is -0.515. The minimum absolute atomic E-state index is 0.0379. The van der Waals surface area contributed by atoms with E-state index in [1.807, 2.05) is 30.3 Å². The van der Waals surface area contributed by atoms with Crippen molar-refractivity contribution in [3.05, 3.63) is 88.2 Å². The van der Waals surface area contributed by atoms with E-state index in [9.17, 15) is 14.9 Å². The van der Waals surface area contributed by atoms with Crippen LogP contribution in [0.1, 0.15) is 17.5 Å². The molecule has 0 aliphatic carbocycles. The molecule has 1 aliphatic heterocycles. The first-order valence-corrected chi connectivity index (χ1v) is 9.14. The summed E-state index contributed by atoms with van der Waals surface area (Å²) in [5.74, 6) is -0.116. The van der Waals surface area contributed by atoms with Crippen LogP contribution in [0.25, 0.3) is 11.3 Å². The number of nitrogens with zero attached hydrogens (tertiary/aromatic N) is 4. The number of carbonyl (C=O) groups excluding carboxylic acids is 1. The number of hydrogen-bond donors (Lipinski definition) is 1. The first-order chi connectivity index (χ1) is 14.0. The molecule has 0 radical (unpaired) electrons. The van der Waals surface area contributed by atoms with Gasteiger partial charge in [0.2, 0.25) is 5.91 Å². The predicted molar refractivity (Wildman–Crippen MR) is 109 cm³/mol. The van der Waals surface area contributed by atoms with Gasteiger partial charge in [0.1, 0.15) is 5.69 Å². The molecule has 0 unspecified atom stereocenters. The van der Waals surface area contributed by atoms with Crippen molar-refractivity contribution < 1.29 is 9.72 Å². The number of carbonyl (C=O) groups is 1. The molecule has 0 fully saturated rings. The van der Waals surface area contributed by atoms with Crippen molar-refractivity contribution >= 4 is 22.9 Å². The number of hydrogen-bond acceptors (Lipinski definition) is 5. The molecule has 0 saturated carbocycles. The van der Waals surface area contributed by atoms with Gasteiger partial charge in [-0.25, -0.2) is 4.68 Å². The quantitative estimate of drug-likeness (QED) is 0.410. The molecule has 1 amide bonds. The first kappa shape index (κ1) is 18.4. The second kappa shape index (κ2) is 7.59. The van der Waals surface area contributed by atoms with E-state index in [1.165, 1.54) is 10.7 Å². The highest BCUT2D eigenvalue weighted by Crippen LogP contribution is 2.34. The summed E-state index contributed by atoms with van der Waals surface area (Å²) >= 11 is 0. The van der Waals surface area contributed by atoms with Gasteiger partial charge in [-0.3, -0.25) is 14.9 Å². The van der Waals surface area contributed by atoms with Crippen LogP contribution in [-0.4, -0.2) is 32.1 Å². The summed E-state index contributed by atoms with van der Waals surface area (Å²) in [6, 6.07) is 14.6. The molecule has 0 bridgehead atoms. The Bertz CT molecular complexity index is 1090. The van der Waals surface area contributed by atoms with Gasteiger partial charge in [-0.2, -0.15) is 5.10 Å². The fraction of sp³-hybridized carbons (Fsp3) is 0.143. The molecule has 1 aromatic heterocycles. The molecular weight excluding hydrogens is 370 g/mol. The summed E-state index contributed by atoms with van der Waals surface area (Å²) in [6.07, 6.45) is 5.39. The summed E-state index contributed by atoms with van der Waals surface area (Å²) < 4.78 is 1.48. The van der Waals surface area contributed by atoms with Crippen LogP contribution < -0.4 is 5.73 Å². The van der Waals surface area contributed by atoms with E-state index in [0.29, 0.717) is 30.8 Å². The summed E-state index contributed by atoms with van der Waals surface area (Å²) in [7, 11) is 0. The van der Waals surface area contributed by atoms with Crippen molar-refractivity contribution in [2.75, 3.05) is 12.3 Å². The third kappa shape index (κ3) is 3.73. The van der Waals surface area contributed by atoms with E-state index >= 15 is 0 Å². The SMILES string of the molecule is Nc1c(-n2cccn2)cc(C2=CC(=O)N(Cc3ccccc3)CC2)cc1[N+](=O)[O-]. The molecule has 0 atom stereocenters. The molecule has 29 heavy (non-hydrogen) atoms. The Labute approximate surface area is 167 Å². The Hall–Kier alpha value is -3.94. The van der Waals surface area contributed by atoms with Gasteiger partial charge in [-0.1, -0.05) is 30.3 Å². The van der Waals surface area contributed by atoms with Crippen LogP contribution in [0, 0.1) is 10.1 Å². The third-order valence-corrected chi connectivity index (χ3v) is 4.93. The molecule has 0 saturated heterocycles. The molecule has 146 valence electrons. The molecule has 4 rings (SSSR count). The number of anilines is 1. The van der Waals surface area contributed by atoms with Crippen LogP contribution in [-0.2, 0) is 11.3 Å². The molecule has 8 heteroatoms. The van der Waals surface area contributed by atoms with Crippen molar-refractivity contribution in [1.29, 1.82) is 0 Å². The van der Waals surface area contributed by atoms with Gasteiger partial charge in [-0.05, 0) is 35.3 Å². The summed E-state index contributed by atoms with van der Waals surface area (Å²) in [6.45, 7) is 1.07. The number of aromatic nitrogens is 2. The van der Waals surface area contributed by atoms with Gasteiger partial charge in [0.05, 0.1) is 10.6 Å². The average molecular weight is 389 g/mol. The van der Waals surface area contributed by atoms with Crippen LogP contribution >= 0.6 is 0 Å². The highest BCUT2D eigenvalue weighted by atomic mass is 16.6. The maximum Gasteiger partial charge on any atom is 0.294 e. The maximum absolute atomic E-state index is 12.7. The monoisotopic (exact) mass is 389 g/mol. The third-order valence-electron chi connectivity index (χ3n) is 4.93. The summed E-state index contributed by atoms with van der Waals surface area (Å²) in [5.41, 5.74) is 8.67. The topological polar surface area (TPSA) is 107 Å². The van der Waals surface area contributed by atoms with Crippen LogP contribution in [0.4, 0.5) is 11.4 Å². The Morgan fingerprint density at radius 2 is 1.97 bits per heavy atom. The van der Waals surface area contributed by atoms with Crippen LogP contribution in [0.15, 0.2) is 67.0 Å². The number of amides is 1. The van der Waals surface area contributed by atoms with Crippen LogP contribution in [0.3, 0.4) is 0 Å². The zero-order valence-corrected chi connectivity index (χ0v) is 15.6. The van der Waals surface area contributed by atoms with Gasteiger partial charge in [0.15, 0.2) is 0 Å². The standard InChI is InChI=1S/C21H19N5O3/c22-21-18(25-9-4-8-23-25)11-17(12-19(21)26(28)29)16-7-10-24(20(27)13-16)14-15-5-2-1-3-6-15/h1-6,8-9,11-13H,7,10,14,22H2. The lowest BCUT2D eigenvalue weighted by Gasteiger charge is -2.27. The zero-order valence-electron chi connectivity index (χ0n) is 15.6. The Balaban J connectivity index is 1.67. The smallest absolute Gasteiger partial charge is 0.294 e. The van der Waals surface area contributed by atoms with E-state index < -0.39 is 4.92 Å². The van der Waals surface area contributed by atoms with Crippen molar-refractivity contribution in [1.82, 2.24) is 14.7 Å². The van der Waals surface area contributed by atoms with E-state index in [1.54, 1.807) is 35.5 Å². The zero-order chi connectivity index (χ0) is 20.4. The number of rotatable bonds is 5. The highest BCUT2D eigenvalue weighted by molar-refractivity contribution is 5.97. The number of nitrogens with two attached hydrogens (primary N) is 1. The molecule has 2 aromatic carbocycles. The summed E-state index contributed by atoms with van der Waals surface area (Å²) in [5, 5.41) is 15.6. The van der Waals surface area contributed by atoms with E-state index in [-0.39, 0.29) is 17.3 Å². The lowest BCUT2D eigenvalue weighted by atomic mass is 9.97. The normalized spacial score (nSPS) is 14.0. The summed E-state index contributed by atoms with van der Waals surface area (Å²) in [4.78, 5) is 25.4. The lowest BCUT2D eigenvalue weighted by molar-refractivity contribution is -0.383. The highest BCUT2D eigenvalue weighted by Gasteiger charge is 2.24. The van der Waals surface area contributed by atoms with Gasteiger partial charge >= 0.3 is 0 Å². The van der Waals surface area contributed by atoms with Crippen LogP contribution in [0.2, 0.25) is 0 Å². The molecular formula is C21H19N5O3. The first-order valence-electron chi connectivity index (χ1n) is 9.14. The molecule has 8 nitrogen and oxygen atoms in total. The van der Waals surface area contributed by atoms with E-state index in [2.05, 4.69) is 5.10 Å². The van der Waals surface area contributed by atoms with Crippen molar-refractivity contribution in [3.63, 3.8) is 0 Å². The number of benzene rings is 2. The molecule has 1 aliphatic rings. The van der Waals surface area contributed by atoms with Gasteiger partial charge in [-0.15, -0.1) is 0 Å². The van der Waals surface area contributed by atoms with Gasteiger partial charge < -0.3 is 10.6 Å². The Morgan fingerprint density at radius 3 is 2.62 bits per heavy atom. The molecule has 2 N–H and O–H groups in total. The molecule has 2 heterocycles. The van der Waals surface area contributed by atoms with Crippen LogP contribution in [0.5, 0.6) is 0 Å². The molecule has 3 aromatic rings. The second-order valence-electron chi connectivity index (χ2n) is 6.80. The van der Waals surface area contributed by atoms with E-state index in [4.69, 9.17) is 5.73 Å². The van der Waals surface area contributed by atoms with Gasteiger partial charge in [0.25, 0.3) is 5.69 Å². The number of nitro benzene ring substituents is 1. The molecule has 0 spiro atoms. The maximum atomic E-state index is 12.7. The largest absolute Gasteiger partial charge is 0.391 e. The Morgan fingerprint density at radius 1 is 1.17 bits per heavy atom. The lowest BCUT2D eigenvalue weighted by Crippen LogP contribution is -2.33. The van der Waals surface area contributed by atoms with Crippen molar-refractivity contribution in [2.24, 2.45) is 0 Å². The Kier molecular flexibility index (Phi) is 4.82. The fourth-order valence-electron chi connectivity index (χ4n) is 3.43. The average Bonchev–Trinajstić information content (AvgIpc) is 3.25. The van der Waals surface area contributed by atoms with Crippen molar-refractivity contribution in [3.8, 4) is 5.69 Å². The van der Waals surface area contributed by atoms with E-state index in [0.717, 1.165) is 11.1 Å². The number of nitro groups is 1. The number of nitrogen functional groups attached to an aromatic ring is 1. The fourth-order valence-corrected chi connectivity index (χ4v) is 3.43. The predicted octanol–water partition coefficient (Wildman–Crippen LogP) is 3.18. The van der Waals surface area contributed by atoms with Gasteiger partial charge in [0, 0.05) is 37.6 Å². The second-order valence-corrected chi connectivity index (χ2v) is 6.80. The van der Waals surface area contributed by atoms with Crippen molar-refractivity contribution in [2.45, 2.75) is 13.0 Å². The minimum Gasteiger partial charge on any atom is -0.391 e.